The van der Waals surface area contributed by atoms with Gasteiger partial charge in [-0.2, -0.15) is 0 Å². The van der Waals surface area contributed by atoms with Gasteiger partial charge in [-0.3, -0.25) is 9.59 Å². The topological polar surface area (TPSA) is 71.6 Å². The lowest BCUT2D eigenvalue weighted by atomic mass is 10.1. The average Bonchev–Trinajstić information content (AvgIpc) is 3.13. The number of likely N-dealkylation sites (N-methyl/N-ethyl adjacent to an activating group) is 1. The Hall–Kier alpha value is -2.34. The van der Waals surface area contributed by atoms with E-state index in [-0.39, 0.29) is 24.1 Å². The molecule has 0 aliphatic carbocycles. The predicted octanol–water partition coefficient (Wildman–Crippen LogP) is 2.06. The first kappa shape index (κ1) is 16.5. The molecule has 2 aromatic rings. The van der Waals surface area contributed by atoms with Gasteiger partial charge < -0.3 is 19.4 Å². The maximum Gasteiger partial charge on any atom is 0.253 e. The fourth-order valence-corrected chi connectivity index (χ4v) is 3.00. The minimum atomic E-state index is -0.371. The Morgan fingerprint density at radius 3 is 2.92 bits per heavy atom. The van der Waals surface area contributed by atoms with Crippen molar-refractivity contribution in [3.8, 4) is 5.75 Å². The standard InChI is InChI=1S/C18H22N2O4/c1-3-20(18(22)16-5-4-8-24-16)11-13-9-12-10-14(23-2)6-7-15(12)19-17(13)21/h6-7,9-10,16H,3-5,8,11H2,1-2H3,(H,19,21)/t16-/m1/s1. The zero-order valence-electron chi connectivity index (χ0n) is 14.0. The van der Waals surface area contributed by atoms with Crippen LogP contribution in [-0.4, -0.2) is 42.2 Å². The molecule has 1 atom stereocenters. The van der Waals surface area contributed by atoms with Gasteiger partial charge in [-0.05, 0) is 44.0 Å². The zero-order valence-corrected chi connectivity index (χ0v) is 14.0. The molecule has 3 rings (SSSR count). The first-order chi connectivity index (χ1) is 11.6. The molecule has 6 nitrogen and oxygen atoms in total. The lowest BCUT2D eigenvalue weighted by Crippen LogP contribution is -2.39. The molecule has 0 radical (unpaired) electrons. The first-order valence-electron chi connectivity index (χ1n) is 8.22. The summed E-state index contributed by atoms with van der Waals surface area (Å²) in [7, 11) is 1.60. The molecule has 1 aliphatic rings. The second-order valence-electron chi connectivity index (χ2n) is 5.93. The van der Waals surface area contributed by atoms with E-state index in [1.165, 1.54) is 0 Å². The molecule has 6 heteroatoms. The number of carbonyl (C=O) groups is 1. The summed E-state index contributed by atoms with van der Waals surface area (Å²) < 4.78 is 10.7. The van der Waals surface area contributed by atoms with Crippen LogP contribution >= 0.6 is 0 Å². The molecule has 0 saturated carbocycles. The highest BCUT2D eigenvalue weighted by Crippen LogP contribution is 2.20. The third kappa shape index (κ3) is 3.28. The van der Waals surface area contributed by atoms with Crippen LogP contribution in [0.5, 0.6) is 5.75 Å². The second-order valence-corrected chi connectivity index (χ2v) is 5.93. The smallest absolute Gasteiger partial charge is 0.253 e. The number of benzene rings is 1. The van der Waals surface area contributed by atoms with Crippen molar-refractivity contribution in [2.45, 2.75) is 32.4 Å². The number of methoxy groups -OCH3 is 1. The number of aromatic amines is 1. The molecule has 2 heterocycles. The number of pyridine rings is 1. The summed E-state index contributed by atoms with van der Waals surface area (Å²) in [5.74, 6) is 0.684. The predicted molar refractivity (Wildman–Crippen MR) is 91.2 cm³/mol. The minimum absolute atomic E-state index is 0.0415. The van der Waals surface area contributed by atoms with Crippen LogP contribution in [0.25, 0.3) is 10.9 Å². The van der Waals surface area contributed by atoms with E-state index in [2.05, 4.69) is 4.98 Å². The van der Waals surface area contributed by atoms with Crippen molar-refractivity contribution in [1.82, 2.24) is 9.88 Å². The maximum absolute atomic E-state index is 12.5. The summed E-state index contributed by atoms with van der Waals surface area (Å²) >= 11 is 0. The molecule has 1 aromatic heterocycles. The molecular weight excluding hydrogens is 308 g/mol. The quantitative estimate of drug-likeness (QED) is 0.911. The summed E-state index contributed by atoms with van der Waals surface area (Å²) in [5, 5.41) is 0.879. The minimum Gasteiger partial charge on any atom is -0.497 e. The van der Waals surface area contributed by atoms with Gasteiger partial charge in [0.15, 0.2) is 0 Å². The lowest BCUT2D eigenvalue weighted by Gasteiger charge is -2.23. The molecule has 1 aliphatic heterocycles. The largest absolute Gasteiger partial charge is 0.497 e. The van der Waals surface area contributed by atoms with E-state index in [1.807, 2.05) is 25.1 Å². The summed E-state index contributed by atoms with van der Waals surface area (Å²) in [6, 6.07) is 7.31. The lowest BCUT2D eigenvalue weighted by molar-refractivity contribution is -0.141. The molecule has 0 bridgehead atoms. The van der Waals surface area contributed by atoms with Crippen LogP contribution in [0.1, 0.15) is 25.3 Å². The number of H-pyrrole nitrogens is 1. The molecule has 1 fully saturated rings. The van der Waals surface area contributed by atoms with Gasteiger partial charge in [-0.25, -0.2) is 0 Å². The van der Waals surface area contributed by atoms with Crippen molar-refractivity contribution < 1.29 is 14.3 Å². The third-order valence-electron chi connectivity index (χ3n) is 4.39. The van der Waals surface area contributed by atoms with Crippen LogP contribution in [0.15, 0.2) is 29.1 Å². The fraction of sp³-hybridized carbons (Fsp3) is 0.444. The van der Waals surface area contributed by atoms with E-state index >= 15 is 0 Å². The van der Waals surface area contributed by atoms with Crippen molar-refractivity contribution >= 4 is 16.8 Å². The molecule has 24 heavy (non-hydrogen) atoms. The van der Waals surface area contributed by atoms with Gasteiger partial charge in [0.25, 0.3) is 11.5 Å². The normalized spacial score (nSPS) is 17.2. The molecule has 1 N–H and O–H groups in total. The van der Waals surface area contributed by atoms with Gasteiger partial charge >= 0.3 is 0 Å². The Kier molecular flexibility index (Phi) is 4.85. The number of hydrogen-bond acceptors (Lipinski definition) is 4. The van der Waals surface area contributed by atoms with E-state index in [0.29, 0.717) is 18.7 Å². The molecule has 1 amide bonds. The average molecular weight is 330 g/mol. The first-order valence-corrected chi connectivity index (χ1v) is 8.22. The Bertz CT molecular complexity index is 793. The number of amides is 1. The summed E-state index contributed by atoms with van der Waals surface area (Å²) in [6.07, 6.45) is 1.29. The maximum atomic E-state index is 12.5. The molecular formula is C18H22N2O4. The van der Waals surface area contributed by atoms with Crippen molar-refractivity contribution in [3.63, 3.8) is 0 Å². The number of nitrogens with one attached hydrogen (secondary N) is 1. The van der Waals surface area contributed by atoms with Crippen LogP contribution in [-0.2, 0) is 16.1 Å². The Morgan fingerprint density at radius 1 is 1.42 bits per heavy atom. The zero-order chi connectivity index (χ0) is 17.1. The van der Waals surface area contributed by atoms with Crippen molar-refractivity contribution in [2.24, 2.45) is 0 Å². The third-order valence-corrected chi connectivity index (χ3v) is 4.39. The van der Waals surface area contributed by atoms with Gasteiger partial charge in [-0.15, -0.1) is 0 Å². The van der Waals surface area contributed by atoms with Gasteiger partial charge in [0, 0.05) is 29.6 Å². The van der Waals surface area contributed by atoms with Gasteiger partial charge in [-0.1, -0.05) is 0 Å². The van der Waals surface area contributed by atoms with E-state index in [1.54, 1.807) is 18.1 Å². The van der Waals surface area contributed by atoms with Gasteiger partial charge in [0.05, 0.1) is 13.7 Å². The highest BCUT2D eigenvalue weighted by Gasteiger charge is 2.27. The SMILES string of the molecule is CCN(Cc1cc2cc(OC)ccc2[nH]c1=O)C(=O)[C@H]1CCCO1. The van der Waals surface area contributed by atoms with Crippen LogP contribution in [0.4, 0.5) is 0 Å². The number of aromatic nitrogens is 1. The van der Waals surface area contributed by atoms with E-state index in [0.717, 1.165) is 29.5 Å². The Balaban J connectivity index is 1.88. The van der Waals surface area contributed by atoms with E-state index in [4.69, 9.17) is 9.47 Å². The molecule has 1 saturated heterocycles. The van der Waals surface area contributed by atoms with E-state index in [9.17, 15) is 9.59 Å². The number of ether oxygens (including phenoxy) is 2. The fourth-order valence-electron chi connectivity index (χ4n) is 3.00. The highest BCUT2D eigenvalue weighted by molar-refractivity contribution is 5.82. The van der Waals surface area contributed by atoms with Crippen LogP contribution < -0.4 is 10.3 Å². The van der Waals surface area contributed by atoms with Crippen LogP contribution in [0.2, 0.25) is 0 Å². The summed E-state index contributed by atoms with van der Waals surface area (Å²) in [4.78, 5) is 29.4. The Morgan fingerprint density at radius 2 is 2.25 bits per heavy atom. The monoisotopic (exact) mass is 330 g/mol. The van der Waals surface area contributed by atoms with Gasteiger partial charge in [0.1, 0.15) is 11.9 Å². The van der Waals surface area contributed by atoms with E-state index < -0.39 is 0 Å². The molecule has 1 aromatic carbocycles. The number of nitrogens with zero attached hydrogens (tertiary/aromatic N) is 1. The molecule has 0 unspecified atom stereocenters. The van der Waals surface area contributed by atoms with Crippen molar-refractivity contribution in [1.29, 1.82) is 0 Å². The number of hydrogen-bond donors (Lipinski definition) is 1. The highest BCUT2D eigenvalue weighted by atomic mass is 16.5. The number of fused-ring (bicyclic) bond motifs is 1. The van der Waals surface area contributed by atoms with Gasteiger partial charge in [0.2, 0.25) is 0 Å². The summed E-state index contributed by atoms with van der Waals surface area (Å²) in [5.41, 5.74) is 1.13. The Labute approximate surface area is 140 Å². The van der Waals surface area contributed by atoms with Crippen LogP contribution in [0.3, 0.4) is 0 Å². The second kappa shape index (κ2) is 7.05. The molecule has 0 spiro atoms. The molecule has 128 valence electrons. The van der Waals surface area contributed by atoms with Crippen molar-refractivity contribution in [2.75, 3.05) is 20.3 Å². The number of rotatable bonds is 5. The summed E-state index contributed by atoms with van der Waals surface area (Å²) in [6.45, 7) is 3.35. The number of carbonyl (C=O) groups excluding carboxylic acids is 1. The van der Waals surface area contributed by atoms with Crippen molar-refractivity contribution in [3.05, 3.63) is 40.2 Å². The van der Waals surface area contributed by atoms with Crippen LogP contribution in [0, 0.1) is 0 Å².